The van der Waals surface area contributed by atoms with E-state index in [9.17, 15) is 9.59 Å². The van der Waals surface area contributed by atoms with Gasteiger partial charge in [0.2, 0.25) is 5.91 Å². The van der Waals surface area contributed by atoms with Crippen LogP contribution in [0.4, 0.5) is 0 Å². The number of Topliss-reactive ketones (excluding diaryl/α,β-unsaturated/α-hetero) is 1. The molecule has 1 aliphatic rings. The summed E-state index contributed by atoms with van der Waals surface area (Å²) in [6.07, 6.45) is 3.74. The van der Waals surface area contributed by atoms with Gasteiger partial charge in [0.15, 0.2) is 5.78 Å². The summed E-state index contributed by atoms with van der Waals surface area (Å²) in [5.74, 6) is -0.0133. The van der Waals surface area contributed by atoms with Crippen molar-refractivity contribution in [3.63, 3.8) is 0 Å². The normalized spacial score (nSPS) is 18.2. The van der Waals surface area contributed by atoms with Crippen molar-refractivity contribution in [2.24, 2.45) is 0 Å². The number of benzene rings is 2. The first-order valence-corrected chi connectivity index (χ1v) is 7.95. The van der Waals surface area contributed by atoms with Crippen LogP contribution < -0.4 is 0 Å². The number of carbonyl (C=O) groups excluding carboxylic acids is 2. The Hall–Kier alpha value is -2.94. The Kier molecular flexibility index (Phi) is 4.71. The molecule has 0 unspecified atom stereocenters. The predicted molar refractivity (Wildman–Crippen MR) is 96.1 cm³/mol. The Labute approximate surface area is 141 Å². The van der Waals surface area contributed by atoms with Gasteiger partial charge in [-0.15, -0.1) is 0 Å². The Morgan fingerprint density at radius 2 is 1.25 bits per heavy atom. The summed E-state index contributed by atoms with van der Waals surface area (Å²) in [5, 5.41) is 0. The number of rotatable bonds is 2. The van der Waals surface area contributed by atoms with Gasteiger partial charge in [0.25, 0.3) is 0 Å². The van der Waals surface area contributed by atoms with Crippen LogP contribution in [0.2, 0.25) is 0 Å². The van der Waals surface area contributed by atoms with E-state index < -0.39 is 0 Å². The molecule has 1 amide bonds. The standard InChI is InChI=1S/C21H19NO2/c1-16(23)22-14-19(12-17-8-4-2-5-9-17)21(24)20(15-22)13-18-10-6-3-7-11-18/h2-13H,14-15H2,1H3/b19-12-,20-13+. The molecule has 1 saturated heterocycles. The zero-order valence-electron chi connectivity index (χ0n) is 13.6. The Morgan fingerprint density at radius 1 is 0.833 bits per heavy atom. The SMILES string of the molecule is CC(=O)N1C/C(=C/c2ccccc2)C(=O)/C(=C/c2ccccc2)C1. The summed E-state index contributed by atoms with van der Waals surface area (Å²) in [5.41, 5.74) is 3.21. The zero-order valence-corrected chi connectivity index (χ0v) is 13.6. The summed E-state index contributed by atoms with van der Waals surface area (Å²) >= 11 is 0. The molecular weight excluding hydrogens is 298 g/mol. The molecule has 0 bridgehead atoms. The van der Waals surface area contributed by atoms with Crippen LogP contribution in [-0.4, -0.2) is 29.7 Å². The highest BCUT2D eigenvalue weighted by Crippen LogP contribution is 2.22. The zero-order chi connectivity index (χ0) is 16.9. The quantitative estimate of drug-likeness (QED) is 0.794. The van der Waals surface area contributed by atoms with Crippen molar-refractivity contribution in [3.8, 4) is 0 Å². The number of piperidine rings is 1. The van der Waals surface area contributed by atoms with Crippen LogP contribution in [0.3, 0.4) is 0 Å². The number of hydrogen-bond donors (Lipinski definition) is 0. The van der Waals surface area contributed by atoms with Gasteiger partial charge in [-0.25, -0.2) is 0 Å². The van der Waals surface area contributed by atoms with Crippen molar-refractivity contribution in [3.05, 3.63) is 82.9 Å². The maximum atomic E-state index is 12.8. The Bertz CT molecular complexity index is 743. The van der Waals surface area contributed by atoms with Gasteiger partial charge in [-0.3, -0.25) is 9.59 Å². The molecule has 1 heterocycles. The highest BCUT2D eigenvalue weighted by Gasteiger charge is 2.27. The molecular formula is C21H19NO2. The first-order chi connectivity index (χ1) is 11.6. The minimum absolute atomic E-state index is 0.0141. The van der Waals surface area contributed by atoms with Crippen molar-refractivity contribution in [1.29, 1.82) is 0 Å². The Balaban J connectivity index is 1.98. The summed E-state index contributed by atoms with van der Waals surface area (Å²) in [6, 6.07) is 19.4. The van der Waals surface area contributed by atoms with Crippen molar-refractivity contribution in [2.45, 2.75) is 6.92 Å². The van der Waals surface area contributed by atoms with E-state index in [1.165, 1.54) is 6.92 Å². The molecule has 3 heteroatoms. The maximum Gasteiger partial charge on any atom is 0.220 e. The van der Waals surface area contributed by atoms with E-state index in [0.717, 1.165) is 11.1 Å². The van der Waals surface area contributed by atoms with Crippen LogP contribution >= 0.6 is 0 Å². The molecule has 2 aromatic rings. The van der Waals surface area contributed by atoms with Gasteiger partial charge >= 0.3 is 0 Å². The third-order valence-corrected chi connectivity index (χ3v) is 4.03. The summed E-state index contributed by atoms with van der Waals surface area (Å²) < 4.78 is 0. The number of nitrogens with zero attached hydrogens (tertiary/aromatic N) is 1. The van der Waals surface area contributed by atoms with Crippen LogP contribution in [0.15, 0.2) is 71.8 Å². The van der Waals surface area contributed by atoms with Crippen LogP contribution in [0.25, 0.3) is 12.2 Å². The highest BCUT2D eigenvalue weighted by molar-refractivity contribution is 6.15. The molecule has 0 aliphatic carbocycles. The van der Waals surface area contributed by atoms with E-state index in [2.05, 4.69) is 0 Å². The molecule has 0 atom stereocenters. The smallest absolute Gasteiger partial charge is 0.220 e. The average Bonchev–Trinajstić information content (AvgIpc) is 2.60. The van der Waals surface area contributed by atoms with Gasteiger partial charge in [0.1, 0.15) is 0 Å². The van der Waals surface area contributed by atoms with Crippen LogP contribution in [-0.2, 0) is 9.59 Å². The number of carbonyl (C=O) groups is 2. The third kappa shape index (κ3) is 3.69. The van der Waals surface area contributed by atoms with E-state index in [0.29, 0.717) is 24.2 Å². The van der Waals surface area contributed by atoms with Crippen molar-refractivity contribution in [1.82, 2.24) is 4.90 Å². The molecule has 0 radical (unpaired) electrons. The molecule has 24 heavy (non-hydrogen) atoms. The summed E-state index contributed by atoms with van der Waals surface area (Å²) in [4.78, 5) is 26.4. The van der Waals surface area contributed by atoms with E-state index in [1.54, 1.807) is 4.90 Å². The van der Waals surface area contributed by atoms with Crippen LogP contribution in [0, 0.1) is 0 Å². The molecule has 2 aromatic carbocycles. The van der Waals surface area contributed by atoms with Gasteiger partial charge in [0, 0.05) is 31.2 Å². The largest absolute Gasteiger partial charge is 0.334 e. The van der Waals surface area contributed by atoms with Gasteiger partial charge in [-0.05, 0) is 23.3 Å². The number of hydrogen-bond acceptors (Lipinski definition) is 2. The van der Waals surface area contributed by atoms with Gasteiger partial charge < -0.3 is 4.90 Å². The van der Waals surface area contributed by atoms with Gasteiger partial charge in [0.05, 0.1) is 0 Å². The average molecular weight is 317 g/mol. The van der Waals surface area contributed by atoms with Crippen molar-refractivity contribution in [2.75, 3.05) is 13.1 Å². The number of likely N-dealkylation sites (tertiary alicyclic amines) is 1. The summed E-state index contributed by atoms with van der Waals surface area (Å²) in [6.45, 7) is 2.25. The lowest BCUT2D eigenvalue weighted by atomic mass is 9.94. The summed E-state index contributed by atoms with van der Waals surface area (Å²) in [7, 11) is 0. The fourth-order valence-electron chi connectivity index (χ4n) is 2.76. The molecule has 1 fully saturated rings. The van der Waals surface area contributed by atoms with Crippen molar-refractivity contribution < 1.29 is 9.59 Å². The minimum Gasteiger partial charge on any atom is -0.334 e. The van der Waals surface area contributed by atoms with E-state index in [-0.39, 0.29) is 11.7 Å². The number of ketones is 1. The predicted octanol–water partition coefficient (Wildman–Crippen LogP) is 3.58. The molecule has 0 N–H and O–H groups in total. The fraction of sp³-hybridized carbons (Fsp3) is 0.143. The molecule has 3 nitrogen and oxygen atoms in total. The van der Waals surface area contributed by atoms with E-state index in [1.807, 2.05) is 72.8 Å². The lowest BCUT2D eigenvalue weighted by Crippen LogP contribution is -2.40. The monoisotopic (exact) mass is 317 g/mol. The Morgan fingerprint density at radius 3 is 1.62 bits per heavy atom. The maximum absolute atomic E-state index is 12.8. The lowest BCUT2D eigenvalue weighted by molar-refractivity contribution is -0.129. The first-order valence-electron chi connectivity index (χ1n) is 7.95. The molecule has 0 spiro atoms. The molecule has 1 aliphatic heterocycles. The second-order valence-corrected chi connectivity index (χ2v) is 5.86. The van der Waals surface area contributed by atoms with E-state index >= 15 is 0 Å². The molecule has 0 aromatic heterocycles. The topological polar surface area (TPSA) is 37.4 Å². The second-order valence-electron chi connectivity index (χ2n) is 5.86. The van der Waals surface area contributed by atoms with Crippen LogP contribution in [0.1, 0.15) is 18.1 Å². The minimum atomic E-state index is -0.0274. The fourth-order valence-corrected chi connectivity index (χ4v) is 2.76. The lowest BCUT2D eigenvalue weighted by Gasteiger charge is -2.29. The van der Waals surface area contributed by atoms with Crippen molar-refractivity contribution >= 4 is 23.8 Å². The highest BCUT2D eigenvalue weighted by atomic mass is 16.2. The van der Waals surface area contributed by atoms with Crippen LogP contribution in [0.5, 0.6) is 0 Å². The third-order valence-electron chi connectivity index (χ3n) is 4.03. The molecule has 0 saturated carbocycles. The van der Waals surface area contributed by atoms with E-state index in [4.69, 9.17) is 0 Å². The molecule has 120 valence electrons. The number of amides is 1. The van der Waals surface area contributed by atoms with Gasteiger partial charge in [-0.1, -0.05) is 60.7 Å². The van der Waals surface area contributed by atoms with Gasteiger partial charge in [-0.2, -0.15) is 0 Å². The second kappa shape index (κ2) is 7.09. The first kappa shape index (κ1) is 15.9. The molecule has 3 rings (SSSR count).